The lowest BCUT2D eigenvalue weighted by Crippen LogP contribution is -2.50. The van der Waals surface area contributed by atoms with Gasteiger partial charge in [0.2, 0.25) is 11.8 Å². The number of hydrogen-bond donors (Lipinski definition) is 1. The Morgan fingerprint density at radius 2 is 1.50 bits per heavy atom. The van der Waals surface area contributed by atoms with Crippen LogP contribution in [-0.2, 0) is 22.6 Å². The highest BCUT2D eigenvalue weighted by molar-refractivity contribution is 6.21. The van der Waals surface area contributed by atoms with Crippen LogP contribution >= 0.6 is 0 Å². The average molecular weight is 544 g/mol. The second kappa shape index (κ2) is 13.6. The number of carbonyl (C=O) groups excluding carboxylic acids is 4. The third-order valence-electron chi connectivity index (χ3n) is 7.05. The summed E-state index contributed by atoms with van der Waals surface area (Å²) in [5, 5.41) is 2.94. The number of nitrogens with zero attached hydrogens (tertiary/aromatic N) is 2. The van der Waals surface area contributed by atoms with Gasteiger partial charge in [-0.2, -0.15) is 0 Å². The summed E-state index contributed by atoms with van der Waals surface area (Å²) in [7, 11) is 0. The summed E-state index contributed by atoms with van der Waals surface area (Å²) in [5.74, 6) is -1.88. The Morgan fingerprint density at radius 3 is 2.15 bits per heavy atom. The van der Waals surface area contributed by atoms with Gasteiger partial charge in [-0.3, -0.25) is 24.1 Å². The Labute approximate surface area is 234 Å². The van der Waals surface area contributed by atoms with Crippen LogP contribution < -0.4 is 5.32 Å². The molecule has 1 aliphatic heterocycles. The summed E-state index contributed by atoms with van der Waals surface area (Å²) in [6.45, 7) is 2.48. The van der Waals surface area contributed by atoms with Crippen molar-refractivity contribution >= 4 is 23.6 Å². The third-order valence-corrected chi connectivity index (χ3v) is 7.05. The van der Waals surface area contributed by atoms with Crippen molar-refractivity contribution in [2.75, 3.05) is 13.1 Å². The maximum absolute atomic E-state index is 14.7. The number of halogens is 1. The van der Waals surface area contributed by atoms with Gasteiger partial charge in [-0.25, -0.2) is 4.39 Å². The maximum atomic E-state index is 14.7. The van der Waals surface area contributed by atoms with Crippen molar-refractivity contribution in [1.29, 1.82) is 0 Å². The summed E-state index contributed by atoms with van der Waals surface area (Å²) in [4.78, 5) is 55.2. The molecule has 4 amide bonds. The summed E-state index contributed by atoms with van der Waals surface area (Å²) < 4.78 is 14.7. The number of carbonyl (C=O) groups is 4. The molecule has 0 saturated heterocycles. The van der Waals surface area contributed by atoms with Gasteiger partial charge >= 0.3 is 0 Å². The van der Waals surface area contributed by atoms with Gasteiger partial charge in [0.25, 0.3) is 11.8 Å². The molecule has 7 nitrogen and oxygen atoms in total. The first-order valence-corrected chi connectivity index (χ1v) is 13.7. The summed E-state index contributed by atoms with van der Waals surface area (Å²) in [6.07, 6.45) is 2.16. The van der Waals surface area contributed by atoms with Gasteiger partial charge in [-0.1, -0.05) is 74.0 Å². The Morgan fingerprint density at radius 1 is 0.875 bits per heavy atom. The lowest BCUT2D eigenvalue weighted by molar-refractivity contribution is -0.141. The zero-order valence-corrected chi connectivity index (χ0v) is 22.6. The number of rotatable bonds is 13. The first kappa shape index (κ1) is 28.7. The van der Waals surface area contributed by atoms with Crippen LogP contribution in [0.15, 0.2) is 78.9 Å². The second-order valence-corrected chi connectivity index (χ2v) is 9.87. The van der Waals surface area contributed by atoms with Crippen LogP contribution in [0.2, 0.25) is 0 Å². The van der Waals surface area contributed by atoms with Crippen LogP contribution in [0.4, 0.5) is 4.39 Å². The number of benzene rings is 3. The molecule has 3 aromatic carbocycles. The predicted molar refractivity (Wildman–Crippen MR) is 150 cm³/mol. The molecule has 0 aromatic heterocycles. The summed E-state index contributed by atoms with van der Waals surface area (Å²) in [6, 6.07) is 21.3. The van der Waals surface area contributed by atoms with Crippen LogP contribution in [0.5, 0.6) is 0 Å². The Balaban J connectivity index is 1.54. The van der Waals surface area contributed by atoms with Crippen LogP contribution in [0.1, 0.15) is 64.4 Å². The van der Waals surface area contributed by atoms with E-state index in [1.165, 1.54) is 11.0 Å². The molecule has 0 saturated carbocycles. The number of fused-ring (bicyclic) bond motifs is 1. The number of nitrogens with one attached hydrogen (secondary N) is 1. The van der Waals surface area contributed by atoms with Gasteiger partial charge in [-0.15, -0.1) is 0 Å². The number of unbranched alkanes of at least 4 members (excludes halogenated alkanes) is 1. The first-order valence-electron chi connectivity index (χ1n) is 13.7. The molecule has 8 heteroatoms. The van der Waals surface area contributed by atoms with Gasteiger partial charge in [0.05, 0.1) is 11.1 Å². The molecule has 0 bridgehead atoms. The van der Waals surface area contributed by atoms with Crippen molar-refractivity contribution in [2.24, 2.45) is 0 Å². The fourth-order valence-electron chi connectivity index (χ4n) is 4.84. The molecular weight excluding hydrogens is 509 g/mol. The molecule has 0 fully saturated rings. The van der Waals surface area contributed by atoms with E-state index in [4.69, 9.17) is 0 Å². The molecule has 3 aromatic rings. The molecule has 1 N–H and O–H groups in total. The number of hydrogen-bond acceptors (Lipinski definition) is 4. The minimum absolute atomic E-state index is 0.0185. The largest absolute Gasteiger partial charge is 0.354 e. The molecule has 1 unspecified atom stereocenters. The molecular formula is C32H34FN3O4. The van der Waals surface area contributed by atoms with E-state index in [9.17, 15) is 23.6 Å². The second-order valence-electron chi connectivity index (χ2n) is 9.87. The van der Waals surface area contributed by atoms with Crippen molar-refractivity contribution < 1.29 is 23.6 Å². The van der Waals surface area contributed by atoms with E-state index >= 15 is 0 Å². The lowest BCUT2D eigenvalue weighted by atomic mass is 10.0. The molecule has 0 spiro atoms. The topological polar surface area (TPSA) is 86.8 Å². The van der Waals surface area contributed by atoms with E-state index in [1.807, 2.05) is 37.3 Å². The fraction of sp³-hybridized carbons (Fsp3) is 0.312. The van der Waals surface area contributed by atoms with Crippen molar-refractivity contribution in [3.63, 3.8) is 0 Å². The standard InChI is InChI=1S/C32H34FN3O4/c1-2-3-19-34-30(38)28(21-23-12-5-4-6-13-23)36(22-24-14-7-10-17-27(24)33)29(37)18-11-20-35-31(39)25-15-8-9-16-26(25)32(35)40/h4-10,12-17,28H,2-3,11,18-22H2,1H3,(H,34,38). The maximum Gasteiger partial charge on any atom is 0.261 e. The Kier molecular flexibility index (Phi) is 9.78. The zero-order chi connectivity index (χ0) is 28.5. The van der Waals surface area contributed by atoms with Gasteiger partial charge in [0.1, 0.15) is 11.9 Å². The molecule has 1 atom stereocenters. The minimum atomic E-state index is -0.870. The van der Waals surface area contributed by atoms with Crippen molar-refractivity contribution in [3.8, 4) is 0 Å². The van der Waals surface area contributed by atoms with Gasteiger partial charge in [-0.05, 0) is 36.6 Å². The van der Waals surface area contributed by atoms with E-state index in [-0.39, 0.29) is 56.0 Å². The smallest absolute Gasteiger partial charge is 0.261 e. The highest BCUT2D eigenvalue weighted by Crippen LogP contribution is 2.23. The third kappa shape index (κ3) is 6.81. The van der Waals surface area contributed by atoms with Crippen molar-refractivity contribution in [1.82, 2.24) is 15.1 Å². The van der Waals surface area contributed by atoms with Crippen molar-refractivity contribution in [3.05, 3.63) is 107 Å². The highest BCUT2D eigenvalue weighted by atomic mass is 19.1. The first-order chi connectivity index (χ1) is 19.4. The number of imide groups is 1. The molecule has 208 valence electrons. The van der Waals surface area contributed by atoms with Crippen LogP contribution in [-0.4, -0.2) is 52.6 Å². The Hall–Kier alpha value is -4.33. The lowest BCUT2D eigenvalue weighted by Gasteiger charge is -2.32. The van der Waals surface area contributed by atoms with E-state index in [0.29, 0.717) is 23.2 Å². The van der Waals surface area contributed by atoms with Crippen LogP contribution in [0.3, 0.4) is 0 Å². The molecule has 4 rings (SSSR count). The minimum Gasteiger partial charge on any atom is -0.354 e. The average Bonchev–Trinajstić information content (AvgIpc) is 3.21. The fourth-order valence-corrected chi connectivity index (χ4v) is 4.84. The highest BCUT2D eigenvalue weighted by Gasteiger charge is 2.35. The number of amides is 4. The van der Waals surface area contributed by atoms with E-state index in [0.717, 1.165) is 23.3 Å². The van der Waals surface area contributed by atoms with E-state index in [1.54, 1.807) is 42.5 Å². The SMILES string of the molecule is CCCCNC(=O)C(Cc1ccccc1)N(Cc1ccccc1F)C(=O)CCCN1C(=O)c2ccccc2C1=O. The molecule has 1 aliphatic rings. The van der Waals surface area contributed by atoms with Crippen molar-refractivity contribution in [2.45, 2.75) is 51.6 Å². The Bertz CT molecular complexity index is 1330. The van der Waals surface area contributed by atoms with E-state index in [2.05, 4.69) is 5.32 Å². The van der Waals surface area contributed by atoms with Gasteiger partial charge < -0.3 is 10.2 Å². The molecule has 40 heavy (non-hydrogen) atoms. The van der Waals surface area contributed by atoms with Crippen LogP contribution in [0, 0.1) is 5.82 Å². The normalized spacial score (nSPS) is 13.2. The molecule has 0 aliphatic carbocycles. The molecule has 1 heterocycles. The monoisotopic (exact) mass is 543 g/mol. The quantitative estimate of drug-likeness (QED) is 0.249. The summed E-state index contributed by atoms with van der Waals surface area (Å²) >= 11 is 0. The summed E-state index contributed by atoms with van der Waals surface area (Å²) in [5.41, 5.74) is 1.88. The van der Waals surface area contributed by atoms with Gasteiger partial charge in [0, 0.05) is 38.0 Å². The predicted octanol–water partition coefficient (Wildman–Crippen LogP) is 4.76. The van der Waals surface area contributed by atoms with Gasteiger partial charge in [0.15, 0.2) is 0 Å². The van der Waals surface area contributed by atoms with E-state index < -0.39 is 11.9 Å². The molecule has 0 radical (unpaired) electrons. The zero-order valence-electron chi connectivity index (χ0n) is 22.6. The van der Waals surface area contributed by atoms with Crippen LogP contribution in [0.25, 0.3) is 0 Å².